The number of nitrogens with zero attached hydrogens (tertiary/aromatic N) is 2. The van der Waals surface area contributed by atoms with E-state index in [2.05, 4.69) is 17.2 Å². The lowest BCUT2D eigenvalue weighted by atomic mass is 10.0. The molecule has 11 heteroatoms. The zero-order chi connectivity index (χ0) is 31.7. The van der Waals surface area contributed by atoms with Gasteiger partial charge < -0.3 is 24.6 Å². The average molecular weight is 603 g/mol. The summed E-state index contributed by atoms with van der Waals surface area (Å²) >= 11 is 0. The number of nitrogens with one attached hydrogen (secondary N) is 2. The smallest absolute Gasteiger partial charge is 0.255 e. The number of benzene rings is 2. The third-order valence-electron chi connectivity index (χ3n) is 7.92. The van der Waals surface area contributed by atoms with Crippen LogP contribution in [0.5, 0.6) is 11.5 Å². The van der Waals surface area contributed by atoms with Gasteiger partial charge in [-0.15, -0.1) is 0 Å². The van der Waals surface area contributed by atoms with E-state index in [0.29, 0.717) is 54.9 Å². The van der Waals surface area contributed by atoms with Gasteiger partial charge in [0.05, 0.1) is 25.3 Å². The number of fused-ring (bicyclic) bond motifs is 2. The average Bonchev–Trinajstić information content (AvgIpc) is 3.47. The second-order valence-corrected chi connectivity index (χ2v) is 11.9. The minimum Gasteiger partial charge on any atom is -0.491 e. The highest BCUT2D eigenvalue weighted by atomic mass is 16.5. The van der Waals surface area contributed by atoms with Gasteiger partial charge in [0.15, 0.2) is 0 Å². The van der Waals surface area contributed by atoms with Crippen molar-refractivity contribution in [3.63, 3.8) is 0 Å². The van der Waals surface area contributed by atoms with Gasteiger partial charge in [-0.1, -0.05) is 18.7 Å². The van der Waals surface area contributed by atoms with E-state index in [9.17, 15) is 24.0 Å². The Labute approximate surface area is 256 Å². The van der Waals surface area contributed by atoms with Crippen molar-refractivity contribution in [1.29, 1.82) is 0 Å². The van der Waals surface area contributed by atoms with Gasteiger partial charge in [-0.3, -0.25) is 29.3 Å². The molecule has 2 N–H and O–H groups in total. The fourth-order valence-corrected chi connectivity index (χ4v) is 5.92. The highest BCUT2D eigenvalue weighted by molar-refractivity contribution is 6.05. The summed E-state index contributed by atoms with van der Waals surface area (Å²) in [6.07, 6.45) is 1.98. The largest absolute Gasteiger partial charge is 0.491 e. The van der Waals surface area contributed by atoms with Crippen molar-refractivity contribution in [2.75, 3.05) is 0 Å². The van der Waals surface area contributed by atoms with Crippen molar-refractivity contribution in [3.8, 4) is 11.5 Å². The molecule has 0 radical (unpaired) electrons. The van der Waals surface area contributed by atoms with Crippen molar-refractivity contribution in [3.05, 3.63) is 70.9 Å². The molecule has 2 aromatic carbocycles. The first-order valence-electron chi connectivity index (χ1n) is 15.0. The third kappa shape index (κ3) is 6.17. The van der Waals surface area contributed by atoms with Crippen LogP contribution in [0.25, 0.3) is 0 Å². The molecule has 2 aromatic rings. The quantitative estimate of drug-likeness (QED) is 0.484. The maximum absolute atomic E-state index is 12.6. The summed E-state index contributed by atoms with van der Waals surface area (Å²) < 4.78 is 11.5. The molecule has 5 amide bonds. The summed E-state index contributed by atoms with van der Waals surface area (Å²) in [5.74, 6) is 0.289. The summed E-state index contributed by atoms with van der Waals surface area (Å²) in [5.41, 5.74) is 3.61. The minimum atomic E-state index is -0.593. The van der Waals surface area contributed by atoms with E-state index >= 15 is 0 Å². The molecule has 2 saturated heterocycles. The molecule has 4 heterocycles. The maximum atomic E-state index is 12.6. The van der Waals surface area contributed by atoms with Crippen LogP contribution < -0.4 is 20.1 Å². The lowest BCUT2D eigenvalue weighted by Crippen LogP contribution is -2.52. The van der Waals surface area contributed by atoms with Gasteiger partial charge in [-0.25, -0.2) is 0 Å². The van der Waals surface area contributed by atoms with Gasteiger partial charge in [-0.05, 0) is 71.2 Å². The van der Waals surface area contributed by atoms with Crippen LogP contribution in [0.1, 0.15) is 85.2 Å². The Morgan fingerprint density at radius 2 is 1.16 bits per heavy atom. The molecule has 0 saturated carbocycles. The Hall–Kier alpha value is -4.67. The fraction of sp³-hybridized carbons (Fsp3) is 0.424. The second kappa shape index (κ2) is 12.5. The summed E-state index contributed by atoms with van der Waals surface area (Å²) in [6.45, 7) is 12.3. The van der Waals surface area contributed by atoms with Crippen molar-refractivity contribution in [2.24, 2.45) is 0 Å². The number of amides is 5. The van der Waals surface area contributed by atoms with Gasteiger partial charge >= 0.3 is 0 Å². The molecule has 0 spiro atoms. The highest BCUT2D eigenvalue weighted by Crippen LogP contribution is 2.35. The van der Waals surface area contributed by atoms with Crippen LogP contribution in [0.4, 0.5) is 0 Å². The number of hydrogen-bond donors (Lipinski definition) is 2. The van der Waals surface area contributed by atoms with Crippen LogP contribution in [0.15, 0.2) is 48.7 Å². The molecular formula is C33H38N4O7. The van der Waals surface area contributed by atoms with Gasteiger partial charge in [-0.2, -0.15) is 0 Å². The number of carbonyl (C=O) groups excluding carboxylic acids is 5. The zero-order valence-corrected chi connectivity index (χ0v) is 25.5. The predicted molar refractivity (Wildman–Crippen MR) is 161 cm³/mol. The first-order chi connectivity index (χ1) is 20.9. The molecule has 2 fully saturated rings. The summed E-state index contributed by atoms with van der Waals surface area (Å²) in [7, 11) is 0. The van der Waals surface area contributed by atoms with Gasteiger partial charge in [0.25, 0.3) is 11.8 Å². The van der Waals surface area contributed by atoms with Crippen LogP contribution in [0.3, 0.4) is 0 Å². The molecular weight excluding hydrogens is 564 g/mol. The van der Waals surface area contributed by atoms with E-state index in [1.165, 1.54) is 4.90 Å². The number of ether oxygens (including phenoxy) is 2. The SMILES string of the molecule is C=C1CC[C@@H](N2Cc3c(OC(C)C)cccc3C2=O)C(=O)N1.CC(C)Oc1cccc2c1CN([C@H]1CCC(=O)NC1=O)C2=O. The monoisotopic (exact) mass is 602 g/mol. The topological polar surface area (TPSA) is 134 Å². The van der Waals surface area contributed by atoms with E-state index in [0.717, 1.165) is 16.9 Å². The Kier molecular flexibility index (Phi) is 8.75. The molecule has 4 aliphatic rings. The first-order valence-corrected chi connectivity index (χ1v) is 15.0. The molecule has 232 valence electrons. The molecule has 0 aliphatic carbocycles. The van der Waals surface area contributed by atoms with Crippen LogP contribution in [-0.2, 0) is 27.5 Å². The lowest BCUT2D eigenvalue weighted by molar-refractivity contribution is -0.137. The molecule has 2 atom stereocenters. The van der Waals surface area contributed by atoms with E-state index in [1.807, 2.05) is 45.9 Å². The lowest BCUT2D eigenvalue weighted by Gasteiger charge is -2.31. The Morgan fingerprint density at radius 3 is 1.59 bits per heavy atom. The van der Waals surface area contributed by atoms with Gasteiger partial charge in [0.1, 0.15) is 23.6 Å². The van der Waals surface area contributed by atoms with Crippen molar-refractivity contribution < 1.29 is 33.4 Å². The molecule has 11 nitrogen and oxygen atoms in total. The molecule has 4 aliphatic heterocycles. The van der Waals surface area contributed by atoms with E-state index in [-0.39, 0.29) is 42.3 Å². The third-order valence-corrected chi connectivity index (χ3v) is 7.92. The summed E-state index contributed by atoms with van der Waals surface area (Å²) in [4.78, 5) is 63.8. The van der Waals surface area contributed by atoms with Crippen molar-refractivity contribution >= 4 is 29.5 Å². The number of rotatable bonds is 6. The minimum absolute atomic E-state index is 0.00579. The molecule has 0 bridgehead atoms. The van der Waals surface area contributed by atoms with Crippen LogP contribution in [-0.4, -0.2) is 63.6 Å². The van der Waals surface area contributed by atoms with E-state index < -0.39 is 18.0 Å². The Morgan fingerprint density at radius 1 is 0.705 bits per heavy atom. The standard InChI is InChI=1S/C17H20N2O3.C16H18N2O4/c1-10(2)22-15-6-4-5-12-13(15)9-19(17(12)21)14-8-7-11(3)18-16(14)20;1-9(2)22-13-5-3-4-10-11(13)8-18(16(10)21)12-6-7-14(19)17-15(12)20/h4-6,10,14H,3,7-9H2,1-2H3,(H,18,20);3-5,9,12H,6-8H2,1-2H3,(H,17,19,20)/t14-;12-/m10/s1. The molecule has 44 heavy (non-hydrogen) atoms. The number of carbonyl (C=O) groups is 5. The highest BCUT2D eigenvalue weighted by Gasteiger charge is 2.41. The van der Waals surface area contributed by atoms with Gasteiger partial charge in [0, 0.05) is 34.4 Å². The van der Waals surface area contributed by atoms with Crippen molar-refractivity contribution in [2.45, 2.75) is 90.8 Å². The van der Waals surface area contributed by atoms with Gasteiger partial charge in [0.2, 0.25) is 17.7 Å². The zero-order valence-electron chi connectivity index (χ0n) is 25.5. The Balaban J connectivity index is 0.000000175. The Bertz CT molecular complexity index is 1420. The number of allylic oxidation sites excluding steroid dienone is 1. The van der Waals surface area contributed by atoms with E-state index in [1.54, 1.807) is 23.1 Å². The normalized spacial score (nSPS) is 21.1. The number of hydrogen-bond acceptors (Lipinski definition) is 7. The number of imide groups is 1. The predicted octanol–water partition coefficient (Wildman–Crippen LogP) is 3.46. The second-order valence-electron chi connectivity index (χ2n) is 11.9. The molecule has 0 unspecified atom stereocenters. The van der Waals surface area contributed by atoms with Crippen LogP contribution in [0.2, 0.25) is 0 Å². The van der Waals surface area contributed by atoms with Crippen molar-refractivity contribution in [1.82, 2.24) is 20.4 Å². The molecule has 0 aromatic heterocycles. The molecule has 6 rings (SSSR count). The van der Waals surface area contributed by atoms with Crippen LogP contribution >= 0.6 is 0 Å². The maximum Gasteiger partial charge on any atom is 0.255 e. The fourth-order valence-electron chi connectivity index (χ4n) is 5.92. The van der Waals surface area contributed by atoms with E-state index in [4.69, 9.17) is 9.47 Å². The van der Waals surface area contributed by atoms with Crippen LogP contribution in [0, 0.1) is 0 Å². The first kappa shape index (κ1) is 30.8. The number of piperidine rings is 2. The summed E-state index contributed by atoms with van der Waals surface area (Å²) in [6, 6.07) is 9.82. The summed E-state index contributed by atoms with van der Waals surface area (Å²) in [5, 5.41) is 5.04.